The maximum absolute atomic E-state index is 12.4. The molecule has 20 heavy (non-hydrogen) atoms. The van der Waals surface area contributed by atoms with Gasteiger partial charge in [0, 0.05) is 16.7 Å². The molecule has 7 heteroatoms. The van der Waals surface area contributed by atoms with Gasteiger partial charge in [-0.15, -0.1) is 0 Å². The van der Waals surface area contributed by atoms with Crippen LogP contribution in [0.25, 0.3) is 0 Å². The molecule has 1 saturated carbocycles. The van der Waals surface area contributed by atoms with Gasteiger partial charge in [-0.25, -0.2) is 18.1 Å². The first-order valence-corrected chi connectivity index (χ1v) is 9.34. The highest BCUT2D eigenvalue weighted by atomic mass is 79.9. The third-order valence-corrected chi connectivity index (χ3v) is 6.47. The Hall–Kier alpha value is -0.170. The number of nitrogens with one attached hydrogen (secondary N) is 1. The standard InChI is InChI=1S/C13H18BrClN2O2S/c1-3-9-4-5-11(8(9)2)17-20(18,19)12-6-10(14)7-16-13(12)15/h6-9,11,17H,3-5H2,1-2H3. The lowest BCUT2D eigenvalue weighted by molar-refractivity contribution is 0.368. The maximum Gasteiger partial charge on any atom is 0.243 e. The van der Waals surface area contributed by atoms with Crippen molar-refractivity contribution in [2.45, 2.75) is 44.0 Å². The molecule has 1 aliphatic carbocycles. The average Bonchev–Trinajstić information content (AvgIpc) is 2.73. The first kappa shape index (κ1) is 16.2. The Kier molecular flexibility index (Phi) is 5.10. The molecule has 1 aromatic heterocycles. The van der Waals surface area contributed by atoms with E-state index in [0.29, 0.717) is 16.3 Å². The average molecular weight is 382 g/mol. The third kappa shape index (κ3) is 3.35. The molecule has 1 N–H and O–H groups in total. The van der Waals surface area contributed by atoms with E-state index in [9.17, 15) is 8.42 Å². The second kappa shape index (κ2) is 6.30. The van der Waals surface area contributed by atoms with Crippen molar-refractivity contribution in [3.05, 3.63) is 21.9 Å². The van der Waals surface area contributed by atoms with Gasteiger partial charge >= 0.3 is 0 Å². The zero-order valence-electron chi connectivity index (χ0n) is 11.4. The molecule has 1 fully saturated rings. The van der Waals surface area contributed by atoms with Crippen LogP contribution < -0.4 is 4.72 Å². The van der Waals surface area contributed by atoms with E-state index in [1.807, 2.05) is 0 Å². The van der Waals surface area contributed by atoms with Crippen LogP contribution >= 0.6 is 27.5 Å². The second-order valence-corrected chi connectivity index (χ2v) is 8.23. The molecule has 3 unspecified atom stereocenters. The Balaban J connectivity index is 2.22. The highest BCUT2D eigenvalue weighted by molar-refractivity contribution is 9.10. The Morgan fingerprint density at radius 3 is 2.80 bits per heavy atom. The van der Waals surface area contributed by atoms with Gasteiger partial charge in [0.25, 0.3) is 0 Å². The summed E-state index contributed by atoms with van der Waals surface area (Å²) >= 11 is 9.13. The molecule has 1 aromatic rings. The molecule has 0 bridgehead atoms. The largest absolute Gasteiger partial charge is 0.243 e. The summed E-state index contributed by atoms with van der Waals surface area (Å²) in [5.74, 6) is 0.924. The van der Waals surface area contributed by atoms with Gasteiger partial charge in [-0.3, -0.25) is 0 Å². The van der Waals surface area contributed by atoms with Crippen LogP contribution in [0.2, 0.25) is 5.15 Å². The zero-order chi connectivity index (χ0) is 14.9. The highest BCUT2D eigenvalue weighted by Crippen LogP contribution is 2.35. The number of hydrogen-bond donors (Lipinski definition) is 1. The van der Waals surface area contributed by atoms with Gasteiger partial charge < -0.3 is 0 Å². The molecule has 1 heterocycles. The second-order valence-electron chi connectivity index (χ2n) is 5.28. The molecule has 0 aliphatic heterocycles. The van der Waals surface area contributed by atoms with E-state index in [0.717, 1.165) is 19.3 Å². The molecule has 1 aliphatic rings. The van der Waals surface area contributed by atoms with Crippen molar-refractivity contribution in [2.24, 2.45) is 11.8 Å². The van der Waals surface area contributed by atoms with Gasteiger partial charge in [-0.05, 0) is 46.7 Å². The summed E-state index contributed by atoms with van der Waals surface area (Å²) < 4.78 is 28.3. The van der Waals surface area contributed by atoms with Crippen molar-refractivity contribution in [1.29, 1.82) is 0 Å². The zero-order valence-corrected chi connectivity index (χ0v) is 14.6. The summed E-state index contributed by atoms with van der Waals surface area (Å²) in [6, 6.07) is 1.45. The summed E-state index contributed by atoms with van der Waals surface area (Å²) in [4.78, 5) is 3.90. The Morgan fingerprint density at radius 2 is 2.20 bits per heavy atom. The predicted molar refractivity (Wildman–Crippen MR) is 83.2 cm³/mol. The summed E-state index contributed by atoms with van der Waals surface area (Å²) in [7, 11) is -3.64. The number of sulfonamides is 1. The van der Waals surface area contributed by atoms with Crippen LogP contribution in [0.1, 0.15) is 33.1 Å². The van der Waals surface area contributed by atoms with Crippen LogP contribution in [0.15, 0.2) is 21.6 Å². The molecule has 2 rings (SSSR count). The molecule has 0 amide bonds. The summed E-state index contributed by atoms with van der Waals surface area (Å²) in [5, 5.41) is -0.00149. The van der Waals surface area contributed by atoms with Gasteiger partial charge in [0.1, 0.15) is 10.0 Å². The lowest BCUT2D eigenvalue weighted by atomic mass is 9.94. The van der Waals surface area contributed by atoms with Crippen LogP contribution in [-0.2, 0) is 10.0 Å². The lowest BCUT2D eigenvalue weighted by Crippen LogP contribution is -2.37. The number of halogens is 2. The van der Waals surface area contributed by atoms with E-state index in [1.165, 1.54) is 12.3 Å². The maximum atomic E-state index is 12.4. The van der Waals surface area contributed by atoms with Gasteiger partial charge in [-0.1, -0.05) is 31.9 Å². The van der Waals surface area contributed by atoms with E-state index in [2.05, 4.69) is 39.5 Å². The van der Waals surface area contributed by atoms with Crippen LogP contribution in [0.5, 0.6) is 0 Å². The first-order chi connectivity index (χ1) is 9.35. The van der Waals surface area contributed by atoms with Gasteiger partial charge in [-0.2, -0.15) is 0 Å². The Labute approximate surface area is 133 Å². The molecule has 112 valence electrons. The molecule has 4 nitrogen and oxygen atoms in total. The van der Waals surface area contributed by atoms with Crippen LogP contribution in [-0.4, -0.2) is 19.4 Å². The molecule has 0 aromatic carbocycles. The number of aromatic nitrogens is 1. The third-order valence-electron chi connectivity index (χ3n) is 4.12. The molecular formula is C13H18BrClN2O2S. The molecule has 0 radical (unpaired) electrons. The fraction of sp³-hybridized carbons (Fsp3) is 0.615. The summed E-state index contributed by atoms with van der Waals surface area (Å²) in [6.45, 7) is 4.25. The minimum absolute atomic E-state index is 0.00149. The quantitative estimate of drug-likeness (QED) is 0.811. The molecule has 3 atom stereocenters. The van der Waals surface area contributed by atoms with Gasteiger partial charge in [0.05, 0.1) is 0 Å². The summed E-state index contributed by atoms with van der Waals surface area (Å²) in [5.41, 5.74) is 0. The minimum Gasteiger partial charge on any atom is -0.242 e. The smallest absolute Gasteiger partial charge is 0.242 e. The SMILES string of the molecule is CCC1CCC(NS(=O)(=O)c2cc(Br)cnc2Cl)C1C. The van der Waals surface area contributed by atoms with Crippen molar-refractivity contribution in [3.8, 4) is 0 Å². The number of pyridine rings is 1. The Morgan fingerprint density at radius 1 is 1.50 bits per heavy atom. The molecular weight excluding hydrogens is 364 g/mol. The van der Waals surface area contributed by atoms with Gasteiger partial charge in [0.2, 0.25) is 10.0 Å². The van der Waals surface area contributed by atoms with E-state index in [-0.39, 0.29) is 16.1 Å². The van der Waals surface area contributed by atoms with Crippen molar-refractivity contribution in [3.63, 3.8) is 0 Å². The fourth-order valence-corrected chi connectivity index (χ4v) is 5.15. The van der Waals surface area contributed by atoms with Gasteiger partial charge in [0.15, 0.2) is 0 Å². The highest BCUT2D eigenvalue weighted by Gasteiger charge is 2.35. The number of hydrogen-bond acceptors (Lipinski definition) is 3. The number of nitrogens with zero attached hydrogens (tertiary/aromatic N) is 1. The van der Waals surface area contributed by atoms with E-state index in [1.54, 1.807) is 0 Å². The van der Waals surface area contributed by atoms with Crippen molar-refractivity contribution in [2.75, 3.05) is 0 Å². The lowest BCUT2D eigenvalue weighted by Gasteiger charge is -2.21. The van der Waals surface area contributed by atoms with Crippen LogP contribution in [0.4, 0.5) is 0 Å². The van der Waals surface area contributed by atoms with Crippen LogP contribution in [0, 0.1) is 11.8 Å². The monoisotopic (exact) mass is 380 g/mol. The summed E-state index contributed by atoms with van der Waals surface area (Å²) in [6.07, 6.45) is 4.50. The molecule has 0 saturated heterocycles. The van der Waals surface area contributed by atoms with E-state index in [4.69, 9.17) is 11.6 Å². The fourth-order valence-electron chi connectivity index (χ4n) is 2.85. The topological polar surface area (TPSA) is 59.1 Å². The first-order valence-electron chi connectivity index (χ1n) is 6.68. The Bertz CT molecular complexity index is 594. The minimum atomic E-state index is -3.64. The van der Waals surface area contributed by atoms with Crippen molar-refractivity contribution in [1.82, 2.24) is 9.71 Å². The van der Waals surface area contributed by atoms with Crippen molar-refractivity contribution < 1.29 is 8.42 Å². The molecule has 0 spiro atoms. The van der Waals surface area contributed by atoms with E-state index < -0.39 is 10.0 Å². The van der Waals surface area contributed by atoms with E-state index >= 15 is 0 Å². The predicted octanol–water partition coefficient (Wildman–Crippen LogP) is 3.60. The van der Waals surface area contributed by atoms with Crippen LogP contribution in [0.3, 0.4) is 0 Å². The normalized spacial score (nSPS) is 26.9. The number of rotatable bonds is 4. The van der Waals surface area contributed by atoms with Crippen molar-refractivity contribution >= 4 is 37.6 Å².